The highest BCUT2D eigenvalue weighted by atomic mass is 32.2. The smallest absolute Gasteiger partial charge is 0.237 e. The first-order valence-corrected chi connectivity index (χ1v) is 10.4. The number of rotatable bonds is 5. The maximum atomic E-state index is 12.7. The Hall–Kier alpha value is -2.39. The number of anilines is 1. The molecule has 0 aromatic carbocycles. The van der Waals surface area contributed by atoms with Crippen LogP contribution in [0.5, 0.6) is 0 Å². The van der Waals surface area contributed by atoms with Crippen LogP contribution in [0.2, 0.25) is 0 Å². The summed E-state index contributed by atoms with van der Waals surface area (Å²) in [6.45, 7) is 1.98. The van der Waals surface area contributed by atoms with Gasteiger partial charge in [-0.3, -0.25) is 9.78 Å². The summed E-state index contributed by atoms with van der Waals surface area (Å²) < 4.78 is 0. The van der Waals surface area contributed by atoms with Crippen LogP contribution in [0.3, 0.4) is 0 Å². The minimum atomic E-state index is -0.302. The molecule has 1 unspecified atom stereocenters. The Morgan fingerprint density at radius 1 is 1.26 bits per heavy atom. The van der Waals surface area contributed by atoms with Crippen molar-refractivity contribution < 1.29 is 4.79 Å². The van der Waals surface area contributed by atoms with Crippen molar-refractivity contribution in [3.05, 3.63) is 47.4 Å². The van der Waals surface area contributed by atoms with Gasteiger partial charge in [0.05, 0.1) is 10.8 Å². The third-order valence-corrected chi connectivity index (χ3v) is 6.12. The highest BCUT2D eigenvalue weighted by Crippen LogP contribution is 2.31. The van der Waals surface area contributed by atoms with Gasteiger partial charge in [-0.15, -0.1) is 0 Å². The number of nitrogens with zero attached hydrogens (tertiary/aromatic N) is 3. The maximum absolute atomic E-state index is 12.7. The quantitative estimate of drug-likeness (QED) is 0.772. The molecule has 0 aliphatic heterocycles. The predicted molar refractivity (Wildman–Crippen MR) is 108 cm³/mol. The first kappa shape index (κ1) is 19.4. The lowest BCUT2D eigenvalue weighted by molar-refractivity contribution is -0.115. The fourth-order valence-electron chi connectivity index (χ4n) is 3.25. The second-order valence-corrected chi connectivity index (χ2v) is 7.90. The molecule has 0 saturated carbocycles. The second-order valence-electron chi connectivity index (χ2n) is 6.71. The number of nitrogens with one attached hydrogen (secondary N) is 1. The number of carbonyl (C=O) groups excluding carboxylic acids is 1. The molecule has 1 aliphatic rings. The zero-order valence-electron chi connectivity index (χ0n) is 15.6. The number of aromatic nitrogens is 2. The van der Waals surface area contributed by atoms with E-state index in [0.29, 0.717) is 17.0 Å². The van der Waals surface area contributed by atoms with E-state index in [1.807, 2.05) is 13.0 Å². The van der Waals surface area contributed by atoms with E-state index in [4.69, 9.17) is 4.98 Å². The molecule has 1 atom stereocenters. The van der Waals surface area contributed by atoms with Gasteiger partial charge in [0.15, 0.2) is 0 Å². The van der Waals surface area contributed by atoms with Gasteiger partial charge in [-0.25, -0.2) is 4.98 Å². The molecule has 1 aliphatic carbocycles. The lowest BCUT2D eigenvalue weighted by Gasteiger charge is -2.18. The van der Waals surface area contributed by atoms with E-state index in [9.17, 15) is 10.1 Å². The lowest BCUT2D eigenvalue weighted by atomic mass is 9.96. The van der Waals surface area contributed by atoms with Crippen LogP contribution >= 0.6 is 11.8 Å². The molecule has 0 radical (unpaired) electrons. The SMILES string of the molecule is CCC(Sc1nc2c(cc1C#N)CCCCCC2)C(=O)Nc1ccncc1. The molecule has 0 saturated heterocycles. The van der Waals surface area contributed by atoms with Crippen LogP contribution in [0.4, 0.5) is 5.69 Å². The van der Waals surface area contributed by atoms with Crippen LogP contribution in [-0.4, -0.2) is 21.1 Å². The number of amides is 1. The third kappa shape index (κ3) is 5.08. The summed E-state index contributed by atoms with van der Waals surface area (Å²) in [5.41, 5.74) is 3.60. The monoisotopic (exact) mass is 380 g/mol. The fraction of sp³-hybridized carbons (Fsp3) is 0.429. The number of thioether (sulfide) groups is 1. The van der Waals surface area contributed by atoms with Gasteiger partial charge in [0.1, 0.15) is 11.1 Å². The van der Waals surface area contributed by atoms with Gasteiger partial charge in [-0.05, 0) is 55.9 Å². The molecule has 0 fully saturated rings. The molecule has 1 N–H and O–H groups in total. The van der Waals surface area contributed by atoms with E-state index in [-0.39, 0.29) is 11.2 Å². The van der Waals surface area contributed by atoms with Crippen molar-refractivity contribution in [1.29, 1.82) is 5.26 Å². The van der Waals surface area contributed by atoms with Crippen LogP contribution in [0.15, 0.2) is 35.6 Å². The van der Waals surface area contributed by atoms with Gasteiger partial charge in [0, 0.05) is 23.8 Å². The number of hydrogen-bond acceptors (Lipinski definition) is 5. The van der Waals surface area contributed by atoms with Crippen molar-refractivity contribution in [2.75, 3.05) is 5.32 Å². The molecule has 2 aromatic rings. The summed E-state index contributed by atoms with van der Waals surface area (Å²) >= 11 is 1.39. The summed E-state index contributed by atoms with van der Waals surface area (Å²) in [4.78, 5) is 21.4. The normalized spacial score (nSPS) is 15.0. The van der Waals surface area contributed by atoms with E-state index < -0.39 is 0 Å². The zero-order valence-corrected chi connectivity index (χ0v) is 16.4. The molecule has 3 rings (SSSR count). The molecule has 2 aromatic heterocycles. The van der Waals surface area contributed by atoms with Gasteiger partial charge in [-0.1, -0.05) is 31.5 Å². The number of fused-ring (bicyclic) bond motifs is 1. The van der Waals surface area contributed by atoms with E-state index in [1.54, 1.807) is 24.5 Å². The minimum absolute atomic E-state index is 0.0777. The first-order valence-electron chi connectivity index (χ1n) is 9.51. The van der Waals surface area contributed by atoms with E-state index >= 15 is 0 Å². The summed E-state index contributed by atoms with van der Waals surface area (Å²) in [6.07, 6.45) is 10.7. The predicted octanol–water partition coefficient (Wildman–Crippen LogP) is 4.52. The zero-order chi connectivity index (χ0) is 19.1. The largest absolute Gasteiger partial charge is 0.325 e. The molecule has 140 valence electrons. The Bertz CT molecular complexity index is 832. The summed E-state index contributed by atoms with van der Waals surface area (Å²) in [6, 6.07) is 7.79. The van der Waals surface area contributed by atoms with Crippen molar-refractivity contribution in [1.82, 2.24) is 9.97 Å². The standard InChI is InChI=1S/C21H24N4OS/c1-2-19(20(26)24-17-9-11-23-12-10-17)27-21-16(14-22)13-15-7-5-3-4-6-8-18(15)25-21/h9-13,19H,2-8H2,1H3,(H,23,24,26). The van der Waals surface area contributed by atoms with Crippen molar-refractivity contribution in [2.24, 2.45) is 0 Å². The molecule has 0 spiro atoms. The van der Waals surface area contributed by atoms with Crippen molar-refractivity contribution in [3.8, 4) is 6.07 Å². The number of pyridine rings is 2. The van der Waals surface area contributed by atoms with Gasteiger partial charge < -0.3 is 5.32 Å². The van der Waals surface area contributed by atoms with Crippen LogP contribution in [0, 0.1) is 11.3 Å². The minimum Gasteiger partial charge on any atom is -0.325 e. The molecule has 27 heavy (non-hydrogen) atoms. The Morgan fingerprint density at radius 3 is 2.70 bits per heavy atom. The molecule has 2 heterocycles. The Kier molecular flexibility index (Phi) is 6.83. The molecule has 5 nitrogen and oxygen atoms in total. The molecule has 1 amide bonds. The summed E-state index contributed by atoms with van der Waals surface area (Å²) in [5.74, 6) is -0.0777. The molecule has 6 heteroatoms. The molecular weight excluding hydrogens is 356 g/mol. The van der Waals surface area contributed by atoms with E-state index in [0.717, 1.165) is 37.1 Å². The summed E-state index contributed by atoms with van der Waals surface area (Å²) in [7, 11) is 0. The van der Waals surface area contributed by atoms with Gasteiger partial charge in [-0.2, -0.15) is 5.26 Å². The Morgan fingerprint density at radius 2 is 2.00 bits per heavy atom. The maximum Gasteiger partial charge on any atom is 0.237 e. The van der Waals surface area contributed by atoms with Crippen LogP contribution in [-0.2, 0) is 17.6 Å². The third-order valence-electron chi connectivity index (χ3n) is 4.75. The topological polar surface area (TPSA) is 78.7 Å². The van der Waals surface area contributed by atoms with Crippen LogP contribution in [0.1, 0.15) is 55.8 Å². The second kappa shape index (κ2) is 9.52. The Balaban J connectivity index is 1.80. The van der Waals surface area contributed by atoms with Gasteiger partial charge >= 0.3 is 0 Å². The molecule has 0 bridgehead atoms. The van der Waals surface area contributed by atoms with Gasteiger partial charge in [0.2, 0.25) is 5.91 Å². The highest BCUT2D eigenvalue weighted by Gasteiger charge is 2.22. The first-order chi connectivity index (χ1) is 13.2. The van der Waals surface area contributed by atoms with Crippen molar-refractivity contribution in [2.45, 2.75) is 62.1 Å². The number of aryl methyl sites for hydroxylation is 2. The van der Waals surface area contributed by atoms with E-state index in [1.165, 1.54) is 30.2 Å². The highest BCUT2D eigenvalue weighted by molar-refractivity contribution is 8.00. The number of nitriles is 1. The fourth-order valence-corrected chi connectivity index (χ4v) is 4.25. The average molecular weight is 381 g/mol. The lowest BCUT2D eigenvalue weighted by Crippen LogP contribution is -2.25. The van der Waals surface area contributed by atoms with Gasteiger partial charge in [0.25, 0.3) is 0 Å². The summed E-state index contributed by atoms with van der Waals surface area (Å²) in [5, 5.41) is 12.9. The van der Waals surface area contributed by atoms with E-state index in [2.05, 4.69) is 16.4 Å². The average Bonchev–Trinajstić information content (AvgIpc) is 2.67. The van der Waals surface area contributed by atoms with Crippen LogP contribution in [0.25, 0.3) is 0 Å². The Labute approximate surface area is 164 Å². The van der Waals surface area contributed by atoms with Crippen molar-refractivity contribution in [3.63, 3.8) is 0 Å². The number of hydrogen-bond donors (Lipinski definition) is 1. The van der Waals surface area contributed by atoms with Crippen LogP contribution < -0.4 is 5.32 Å². The number of carbonyl (C=O) groups is 1. The molecular formula is C21H24N4OS. The van der Waals surface area contributed by atoms with Crippen molar-refractivity contribution >= 4 is 23.4 Å².